The molecule has 0 aliphatic heterocycles. The lowest BCUT2D eigenvalue weighted by Crippen LogP contribution is -2.10. The maximum atomic E-state index is 5.98. The first-order chi connectivity index (χ1) is 12.7. The molecule has 26 heavy (non-hydrogen) atoms. The lowest BCUT2D eigenvalue weighted by atomic mass is 10.2. The van der Waals surface area contributed by atoms with Gasteiger partial charge in [0.15, 0.2) is 17.0 Å². The number of hydrogen-bond donors (Lipinski definition) is 1. The third kappa shape index (κ3) is 4.16. The van der Waals surface area contributed by atoms with Gasteiger partial charge in [-0.1, -0.05) is 31.5 Å². The molecule has 0 saturated carbocycles. The van der Waals surface area contributed by atoms with Crippen molar-refractivity contribution in [3.8, 4) is 11.8 Å². The van der Waals surface area contributed by atoms with Crippen LogP contribution in [-0.4, -0.2) is 32.7 Å². The maximum Gasteiger partial charge on any atom is 0.320 e. The van der Waals surface area contributed by atoms with E-state index >= 15 is 0 Å². The lowest BCUT2D eigenvalue weighted by molar-refractivity contribution is 0.285. The van der Waals surface area contributed by atoms with E-state index in [9.17, 15) is 0 Å². The van der Waals surface area contributed by atoms with Gasteiger partial charge in [0.25, 0.3) is 0 Å². The van der Waals surface area contributed by atoms with Crippen LogP contribution in [0.4, 0.5) is 5.82 Å². The molecule has 2 N–H and O–H groups in total. The number of anilines is 1. The van der Waals surface area contributed by atoms with Crippen molar-refractivity contribution in [2.24, 2.45) is 0 Å². The maximum absolute atomic E-state index is 5.98. The molecule has 2 heterocycles. The van der Waals surface area contributed by atoms with Crippen LogP contribution in [-0.2, 0) is 12.4 Å². The minimum Gasteiger partial charge on any atom is -0.491 e. The molecule has 0 amide bonds. The summed E-state index contributed by atoms with van der Waals surface area (Å²) in [5, 5.41) is 0. The van der Waals surface area contributed by atoms with Crippen LogP contribution in [0.1, 0.15) is 25.3 Å². The number of alkyl halides is 1. The Morgan fingerprint density at radius 2 is 2.00 bits per heavy atom. The standard InChI is InChI=1S/C18H22ClN5O2/c1-2-3-9-26-18-22-16(20)15-17(23-18)24(12-21-15)8-10-25-14-7-5-4-6-13(14)11-19/h4-7,12H,2-3,8-11H2,1H3,(H2,20,22,23). The van der Waals surface area contributed by atoms with Crippen molar-refractivity contribution in [3.63, 3.8) is 0 Å². The van der Waals surface area contributed by atoms with Crippen LogP contribution >= 0.6 is 11.6 Å². The molecule has 0 saturated heterocycles. The number of hydrogen-bond acceptors (Lipinski definition) is 6. The molecule has 0 radical (unpaired) electrons. The Kier molecular flexibility index (Phi) is 6.12. The quantitative estimate of drug-likeness (QED) is 0.455. The zero-order valence-electron chi connectivity index (χ0n) is 14.7. The van der Waals surface area contributed by atoms with E-state index in [-0.39, 0.29) is 6.01 Å². The van der Waals surface area contributed by atoms with Crippen LogP contribution in [0, 0.1) is 0 Å². The van der Waals surface area contributed by atoms with Crippen molar-refractivity contribution in [3.05, 3.63) is 36.2 Å². The second kappa shape index (κ2) is 8.71. The number of aromatic nitrogens is 4. The molecular formula is C18H22ClN5O2. The molecule has 0 atom stereocenters. The Balaban J connectivity index is 1.71. The van der Waals surface area contributed by atoms with Gasteiger partial charge in [0.05, 0.1) is 25.4 Å². The van der Waals surface area contributed by atoms with Crippen LogP contribution in [0.25, 0.3) is 11.2 Å². The SMILES string of the molecule is CCCCOc1nc(N)c2ncn(CCOc3ccccc3CCl)c2n1. The van der Waals surface area contributed by atoms with E-state index in [4.69, 9.17) is 26.8 Å². The zero-order chi connectivity index (χ0) is 18.4. The summed E-state index contributed by atoms with van der Waals surface area (Å²) < 4.78 is 13.3. The highest BCUT2D eigenvalue weighted by Gasteiger charge is 2.12. The number of nitrogens with two attached hydrogens (primary N) is 1. The monoisotopic (exact) mass is 375 g/mol. The molecule has 0 aliphatic carbocycles. The number of halogens is 1. The van der Waals surface area contributed by atoms with E-state index in [0.717, 1.165) is 24.2 Å². The van der Waals surface area contributed by atoms with Gasteiger partial charge in [-0.25, -0.2) is 4.98 Å². The zero-order valence-corrected chi connectivity index (χ0v) is 15.4. The van der Waals surface area contributed by atoms with Crippen LogP contribution in [0.2, 0.25) is 0 Å². The van der Waals surface area contributed by atoms with Gasteiger partial charge in [-0.3, -0.25) is 0 Å². The van der Waals surface area contributed by atoms with Gasteiger partial charge in [-0.05, 0) is 12.5 Å². The lowest BCUT2D eigenvalue weighted by Gasteiger charge is -2.10. The Labute approximate surface area is 157 Å². The normalized spacial score (nSPS) is 11.0. The van der Waals surface area contributed by atoms with E-state index in [1.165, 1.54) is 0 Å². The van der Waals surface area contributed by atoms with E-state index < -0.39 is 0 Å². The van der Waals surface area contributed by atoms with Gasteiger partial charge >= 0.3 is 6.01 Å². The third-order valence-corrected chi connectivity index (χ3v) is 4.19. The fraction of sp³-hybridized carbons (Fsp3) is 0.389. The molecule has 3 rings (SSSR count). The van der Waals surface area contributed by atoms with Crippen molar-refractivity contribution in [1.82, 2.24) is 19.5 Å². The first-order valence-corrected chi connectivity index (χ1v) is 9.14. The molecule has 0 fully saturated rings. The fourth-order valence-electron chi connectivity index (χ4n) is 2.49. The summed E-state index contributed by atoms with van der Waals surface area (Å²) >= 11 is 5.94. The average Bonchev–Trinajstić information content (AvgIpc) is 3.06. The summed E-state index contributed by atoms with van der Waals surface area (Å²) in [6.45, 7) is 3.68. The topological polar surface area (TPSA) is 88.1 Å². The highest BCUT2D eigenvalue weighted by atomic mass is 35.5. The minimum absolute atomic E-state index is 0.276. The van der Waals surface area contributed by atoms with Crippen molar-refractivity contribution in [1.29, 1.82) is 0 Å². The number of ether oxygens (including phenoxy) is 2. The van der Waals surface area contributed by atoms with Gasteiger partial charge in [-0.2, -0.15) is 9.97 Å². The number of nitrogens with zero attached hydrogens (tertiary/aromatic N) is 4. The molecular weight excluding hydrogens is 354 g/mol. The van der Waals surface area contributed by atoms with E-state index in [1.807, 2.05) is 28.8 Å². The molecule has 1 aromatic carbocycles. The highest BCUT2D eigenvalue weighted by Crippen LogP contribution is 2.21. The third-order valence-electron chi connectivity index (χ3n) is 3.91. The summed E-state index contributed by atoms with van der Waals surface area (Å²) in [6, 6.07) is 7.99. The van der Waals surface area contributed by atoms with Gasteiger partial charge in [0, 0.05) is 5.56 Å². The van der Waals surface area contributed by atoms with Crippen molar-refractivity contribution in [2.45, 2.75) is 32.2 Å². The molecule has 0 aliphatic rings. The number of para-hydroxylation sites is 1. The van der Waals surface area contributed by atoms with E-state index in [0.29, 0.717) is 42.6 Å². The van der Waals surface area contributed by atoms with Crippen LogP contribution in [0.5, 0.6) is 11.8 Å². The summed E-state index contributed by atoms with van der Waals surface area (Å²) in [5.74, 6) is 1.50. The van der Waals surface area contributed by atoms with Crippen molar-refractivity contribution >= 4 is 28.6 Å². The first kappa shape index (κ1) is 18.3. The fourth-order valence-corrected chi connectivity index (χ4v) is 2.71. The average molecular weight is 376 g/mol. The number of unbranched alkanes of at least 4 members (excludes halogenated alkanes) is 1. The molecule has 7 nitrogen and oxygen atoms in total. The van der Waals surface area contributed by atoms with Crippen LogP contribution < -0.4 is 15.2 Å². The van der Waals surface area contributed by atoms with Gasteiger partial charge in [-0.15, -0.1) is 11.6 Å². The van der Waals surface area contributed by atoms with E-state index in [2.05, 4.69) is 21.9 Å². The first-order valence-electron chi connectivity index (χ1n) is 8.60. The number of fused-ring (bicyclic) bond motifs is 1. The van der Waals surface area contributed by atoms with Gasteiger partial charge < -0.3 is 19.8 Å². The van der Waals surface area contributed by atoms with Crippen molar-refractivity contribution < 1.29 is 9.47 Å². The Bertz CT molecular complexity index is 868. The minimum atomic E-state index is 0.276. The van der Waals surface area contributed by atoms with Gasteiger partial charge in [0.1, 0.15) is 12.4 Å². The summed E-state index contributed by atoms with van der Waals surface area (Å²) in [7, 11) is 0. The Morgan fingerprint density at radius 1 is 1.15 bits per heavy atom. The van der Waals surface area contributed by atoms with Crippen LogP contribution in [0.3, 0.4) is 0 Å². The molecule has 2 aromatic heterocycles. The van der Waals surface area contributed by atoms with Crippen molar-refractivity contribution in [2.75, 3.05) is 18.9 Å². The second-order valence-electron chi connectivity index (χ2n) is 5.79. The highest BCUT2D eigenvalue weighted by molar-refractivity contribution is 6.17. The number of nitrogen functional groups attached to an aromatic ring is 1. The van der Waals surface area contributed by atoms with Crippen LogP contribution in [0.15, 0.2) is 30.6 Å². The number of imidazole rings is 1. The number of benzene rings is 1. The predicted molar refractivity (Wildman–Crippen MR) is 102 cm³/mol. The second-order valence-corrected chi connectivity index (χ2v) is 6.06. The summed E-state index contributed by atoms with van der Waals surface area (Å²) in [4.78, 5) is 12.9. The largest absolute Gasteiger partial charge is 0.491 e. The molecule has 8 heteroatoms. The summed E-state index contributed by atoms with van der Waals surface area (Å²) in [5.41, 5.74) is 8.14. The summed E-state index contributed by atoms with van der Waals surface area (Å²) in [6.07, 6.45) is 3.66. The predicted octanol–water partition coefficient (Wildman–Crippen LogP) is 3.41. The molecule has 138 valence electrons. The Hall–Kier alpha value is -2.54. The molecule has 0 spiro atoms. The Morgan fingerprint density at radius 3 is 2.81 bits per heavy atom. The molecule has 0 unspecified atom stereocenters. The smallest absolute Gasteiger partial charge is 0.320 e. The molecule has 3 aromatic rings. The van der Waals surface area contributed by atoms with E-state index in [1.54, 1.807) is 6.33 Å². The molecule has 0 bridgehead atoms. The van der Waals surface area contributed by atoms with Gasteiger partial charge in [0.2, 0.25) is 0 Å². The number of rotatable bonds is 9.